The Bertz CT molecular complexity index is 597. The van der Waals surface area contributed by atoms with E-state index in [1.54, 1.807) is 6.07 Å². The molecule has 0 saturated heterocycles. The molecule has 0 aromatic heterocycles. The van der Waals surface area contributed by atoms with Gasteiger partial charge in [-0.3, -0.25) is 0 Å². The van der Waals surface area contributed by atoms with Gasteiger partial charge in [-0.1, -0.05) is 35.3 Å². The fourth-order valence-electron chi connectivity index (χ4n) is 1.69. The molecule has 0 aliphatic carbocycles. The molecule has 1 atom stereocenters. The van der Waals surface area contributed by atoms with E-state index in [0.29, 0.717) is 21.5 Å². The molecular weight excluding hydrogens is 281 g/mol. The molecule has 0 saturated carbocycles. The minimum Gasteiger partial charge on any atom is -0.455 e. The fraction of sp³-hybridized carbons (Fsp3) is 0.200. The monoisotopic (exact) mass is 295 g/mol. The van der Waals surface area contributed by atoms with E-state index < -0.39 is 0 Å². The average molecular weight is 296 g/mol. The van der Waals surface area contributed by atoms with E-state index in [2.05, 4.69) is 0 Å². The zero-order chi connectivity index (χ0) is 14.0. The Labute approximate surface area is 123 Å². The van der Waals surface area contributed by atoms with Crippen molar-refractivity contribution >= 4 is 23.2 Å². The van der Waals surface area contributed by atoms with Crippen molar-refractivity contribution in [1.82, 2.24) is 0 Å². The van der Waals surface area contributed by atoms with Crippen molar-refractivity contribution in [2.45, 2.75) is 19.9 Å². The van der Waals surface area contributed by atoms with Crippen molar-refractivity contribution in [3.8, 4) is 11.5 Å². The number of rotatable bonds is 3. The first-order valence-electron chi connectivity index (χ1n) is 5.96. The van der Waals surface area contributed by atoms with E-state index in [-0.39, 0.29) is 6.04 Å². The van der Waals surface area contributed by atoms with Gasteiger partial charge in [-0.05, 0) is 49.2 Å². The Kier molecular flexibility index (Phi) is 4.35. The number of benzene rings is 2. The lowest BCUT2D eigenvalue weighted by Crippen LogP contribution is -2.04. The minimum absolute atomic E-state index is 0.0561. The van der Waals surface area contributed by atoms with E-state index in [1.165, 1.54) is 0 Å². The molecule has 0 aliphatic heterocycles. The predicted octanol–water partition coefficient (Wildman–Crippen LogP) is 5.11. The average Bonchev–Trinajstić information content (AvgIpc) is 2.36. The summed E-state index contributed by atoms with van der Waals surface area (Å²) in [5.74, 6) is 1.29. The summed E-state index contributed by atoms with van der Waals surface area (Å²) in [7, 11) is 0. The van der Waals surface area contributed by atoms with Gasteiger partial charge in [-0.15, -0.1) is 0 Å². The van der Waals surface area contributed by atoms with Crippen LogP contribution in [0.1, 0.15) is 24.1 Å². The maximum Gasteiger partial charge on any atom is 0.146 e. The van der Waals surface area contributed by atoms with E-state index >= 15 is 0 Å². The predicted molar refractivity (Wildman–Crippen MR) is 80.3 cm³/mol. The van der Waals surface area contributed by atoms with Crippen molar-refractivity contribution in [2.75, 3.05) is 0 Å². The van der Waals surface area contributed by atoms with Crippen molar-refractivity contribution < 1.29 is 4.74 Å². The van der Waals surface area contributed by atoms with Crippen molar-refractivity contribution in [1.29, 1.82) is 0 Å². The molecule has 2 rings (SSSR count). The largest absolute Gasteiger partial charge is 0.455 e. The van der Waals surface area contributed by atoms with Crippen LogP contribution in [0.4, 0.5) is 0 Å². The number of nitrogens with two attached hydrogens (primary N) is 1. The highest BCUT2D eigenvalue weighted by molar-refractivity contribution is 6.32. The van der Waals surface area contributed by atoms with Crippen molar-refractivity contribution in [2.24, 2.45) is 5.73 Å². The van der Waals surface area contributed by atoms with Crippen molar-refractivity contribution in [3.05, 3.63) is 57.6 Å². The van der Waals surface area contributed by atoms with Crippen LogP contribution in [-0.2, 0) is 0 Å². The SMILES string of the molecule is Cc1ccc(Cl)cc1Oc1ccc(C(C)N)cc1Cl. The second-order valence-electron chi connectivity index (χ2n) is 4.49. The highest BCUT2D eigenvalue weighted by Gasteiger charge is 2.08. The van der Waals surface area contributed by atoms with Gasteiger partial charge in [0.15, 0.2) is 0 Å². The van der Waals surface area contributed by atoms with Crippen LogP contribution in [0.5, 0.6) is 11.5 Å². The van der Waals surface area contributed by atoms with Gasteiger partial charge in [0.2, 0.25) is 0 Å². The molecule has 0 spiro atoms. The number of hydrogen-bond acceptors (Lipinski definition) is 2. The Morgan fingerprint density at radius 1 is 1.05 bits per heavy atom. The molecule has 100 valence electrons. The highest BCUT2D eigenvalue weighted by Crippen LogP contribution is 2.33. The first-order chi connectivity index (χ1) is 8.97. The molecular formula is C15H15Cl2NO. The summed E-state index contributed by atoms with van der Waals surface area (Å²) in [6.45, 7) is 3.86. The fourth-order valence-corrected chi connectivity index (χ4v) is 2.08. The molecule has 2 aromatic carbocycles. The van der Waals surface area contributed by atoms with Crippen LogP contribution in [0, 0.1) is 6.92 Å². The molecule has 4 heteroatoms. The molecule has 0 amide bonds. The zero-order valence-electron chi connectivity index (χ0n) is 10.8. The molecule has 1 unspecified atom stereocenters. The van der Waals surface area contributed by atoms with Crippen LogP contribution in [-0.4, -0.2) is 0 Å². The second kappa shape index (κ2) is 5.83. The summed E-state index contributed by atoms with van der Waals surface area (Å²) in [6.07, 6.45) is 0. The number of halogens is 2. The zero-order valence-corrected chi connectivity index (χ0v) is 12.3. The van der Waals surface area contributed by atoms with Gasteiger partial charge < -0.3 is 10.5 Å². The Balaban J connectivity index is 2.31. The van der Waals surface area contributed by atoms with E-state index in [9.17, 15) is 0 Å². The van der Waals surface area contributed by atoms with Crippen LogP contribution >= 0.6 is 23.2 Å². The van der Waals surface area contributed by atoms with Gasteiger partial charge in [0.25, 0.3) is 0 Å². The van der Waals surface area contributed by atoms with Crippen LogP contribution in [0.15, 0.2) is 36.4 Å². The summed E-state index contributed by atoms with van der Waals surface area (Å²) in [4.78, 5) is 0. The third-order valence-corrected chi connectivity index (χ3v) is 3.38. The third-order valence-electron chi connectivity index (χ3n) is 2.85. The lowest BCUT2D eigenvalue weighted by Gasteiger charge is -2.12. The highest BCUT2D eigenvalue weighted by atomic mass is 35.5. The maximum atomic E-state index is 6.20. The van der Waals surface area contributed by atoms with E-state index in [4.69, 9.17) is 33.7 Å². The molecule has 2 N–H and O–H groups in total. The Morgan fingerprint density at radius 2 is 1.79 bits per heavy atom. The summed E-state index contributed by atoms with van der Waals surface area (Å²) >= 11 is 12.2. The van der Waals surface area contributed by atoms with Crippen LogP contribution in [0.2, 0.25) is 10.0 Å². The number of aryl methyl sites for hydroxylation is 1. The third kappa shape index (κ3) is 3.41. The van der Waals surface area contributed by atoms with Gasteiger partial charge >= 0.3 is 0 Å². The first kappa shape index (κ1) is 14.2. The maximum absolute atomic E-state index is 6.20. The normalized spacial score (nSPS) is 12.3. The summed E-state index contributed by atoms with van der Waals surface area (Å²) < 4.78 is 5.80. The molecule has 0 bridgehead atoms. The van der Waals surface area contributed by atoms with Gasteiger partial charge in [-0.2, -0.15) is 0 Å². The summed E-state index contributed by atoms with van der Waals surface area (Å²) in [5.41, 5.74) is 7.78. The van der Waals surface area contributed by atoms with Crippen LogP contribution in [0.3, 0.4) is 0 Å². The quantitative estimate of drug-likeness (QED) is 0.853. The van der Waals surface area contributed by atoms with Gasteiger partial charge in [0.05, 0.1) is 5.02 Å². The molecule has 0 fully saturated rings. The van der Waals surface area contributed by atoms with Gasteiger partial charge in [-0.25, -0.2) is 0 Å². The lowest BCUT2D eigenvalue weighted by molar-refractivity contribution is 0.479. The van der Waals surface area contributed by atoms with Crippen LogP contribution in [0.25, 0.3) is 0 Å². The molecule has 2 nitrogen and oxygen atoms in total. The van der Waals surface area contributed by atoms with Gasteiger partial charge in [0, 0.05) is 11.1 Å². The lowest BCUT2D eigenvalue weighted by atomic mass is 10.1. The topological polar surface area (TPSA) is 35.2 Å². The molecule has 0 radical (unpaired) electrons. The molecule has 0 heterocycles. The number of hydrogen-bond donors (Lipinski definition) is 1. The smallest absolute Gasteiger partial charge is 0.146 e. The summed E-state index contributed by atoms with van der Waals surface area (Å²) in [6, 6.07) is 11.0. The van der Waals surface area contributed by atoms with Crippen molar-refractivity contribution in [3.63, 3.8) is 0 Å². The van der Waals surface area contributed by atoms with Gasteiger partial charge in [0.1, 0.15) is 11.5 Å². The van der Waals surface area contributed by atoms with E-state index in [1.807, 2.05) is 44.2 Å². The molecule has 2 aromatic rings. The Morgan fingerprint density at radius 3 is 2.42 bits per heavy atom. The standard InChI is InChI=1S/C15H15Cl2NO/c1-9-3-5-12(16)8-15(9)19-14-6-4-11(10(2)18)7-13(14)17/h3-8,10H,18H2,1-2H3. The van der Waals surface area contributed by atoms with E-state index in [0.717, 1.165) is 11.1 Å². The Hall–Kier alpha value is -1.22. The molecule has 19 heavy (non-hydrogen) atoms. The molecule has 0 aliphatic rings. The first-order valence-corrected chi connectivity index (χ1v) is 6.72. The second-order valence-corrected chi connectivity index (χ2v) is 5.33. The number of ether oxygens (including phenoxy) is 1. The van der Waals surface area contributed by atoms with Crippen LogP contribution < -0.4 is 10.5 Å². The minimum atomic E-state index is -0.0561. The summed E-state index contributed by atoms with van der Waals surface area (Å²) in [5, 5.41) is 1.16.